The van der Waals surface area contributed by atoms with Crippen LogP contribution in [0.1, 0.15) is 18.1 Å². The molecule has 30 heavy (non-hydrogen) atoms. The predicted octanol–water partition coefficient (Wildman–Crippen LogP) is 4.10. The molecular formula is C21H27O8P. The van der Waals surface area contributed by atoms with Gasteiger partial charge in [0.25, 0.3) is 0 Å². The summed E-state index contributed by atoms with van der Waals surface area (Å²) in [5.41, 5.74) is 1.60. The maximum Gasteiger partial charge on any atom is 0.475 e. The largest absolute Gasteiger partial charge is 0.475 e. The molecule has 0 atom stereocenters. The molecule has 0 unspecified atom stereocenters. The highest BCUT2D eigenvalue weighted by atomic mass is 31.2. The van der Waals surface area contributed by atoms with Crippen molar-refractivity contribution in [1.82, 2.24) is 0 Å². The second kappa shape index (κ2) is 12.0. The van der Waals surface area contributed by atoms with Gasteiger partial charge in [0.05, 0.1) is 13.2 Å². The molecule has 0 saturated heterocycles. The fourth-order valence-corrected chi connectivity index (χ4v) is 3.51. The Bertz CT molecular complexity index is 761. The third kappa shape index (κ3) is 7.99. The summed E-state index contributed by atoms with van der Waals surface area (Å²) in [6.45, 7) is 0.683. The van der Waals surface area contributed by atoms with Crippen LogP contribution in [-0.4, -0.2) is 39.2 Å². The minimum absolute atomic E-state index is 0.0177. The van der Waals surface area contributed by atoms with E-state index in [1.807, 2.05) is 60.7 Å². The molecule has 0 aliphatic carbocycles. The number of rotatable bonds is 13. The molecule has 0 N–H and O–H groups in total. The van der Waals surface area contributed by atoms with Crippen LogP contribution in [0.2, 0.25) is 0 Å². The fourth-order valence-electron chi connectivity index (χ4n) is 2.32. The van der Waals surface area contributed by atoms with E-state index in [1.54, 1.807) is 0 Å². The second-order valence-electron chi connectivity index (χ2n) is 6.34. The molecule has 2 rings (SSSR count). The molecular weight excluding hydrogens is 411 g/mol. The van der Waals surface area contributed by atoms with Crippen molar-refractivity contribution in [2.24, 2.45) is 0 Å². The van der Waals surface area contributed by atoms with Gasteiger partial charge in [0, 0.05) is 21.1 Å². The average Bonchev–Trinajstić information content (AvgIpc) is 2.78. The highest BCUT2D eigenvalue weighted by Gasteiger charge is 2.37. The summed E-state index contributed by atoms with van der Waals surface area (Å²) in [7, 11) is -1.30. The molecule has 0 aliphatic heterocycles. The van der Waals surface area contributed by atoms with E-state index in [0.717, 1.165) is 11.1 Å². The standard InChI is InChI=1S/C21H27O8P/c1-18(22)26-16-21(24-2,25-3)17-29-30(23,27-14-19-10-6-4-7-11-19)28-15-20-12-8-5-9-13-20/h4-13H,14-17H2,1-3H3. The number of esters is 1. The van der Waals surface area contributed by atoms with Crippen molar-refractivity contribution in [3.8, 4) is 0 Å². The zero-order valence-electron chi connectivity index (χ0n) is 17.3. The van der Waals surface area contributed by atoms with Gasteiger partial charge in [0.2, 0.25) is 5.79 Å². The van der Waals surface area contributed by atoms with Gasteiger partial charge in [-0.2, -0.15) is 0 Å². The first-order chi connectivity index (χ1) is 14.4. The molecule has 2 aromatic rings. The number of carbonyl (C=O) groups excluding carboxylic acids is 1. The van der Waals surface area contributed by atoms with Crippen LogP contribution in [0.25, 0.3) is 0 Å². The zero-order valence-corrected chi connectivity index (χ0v) is 18.2. The van der Waals surface area contributed by atoms with E-state index >= 15 is 0 Å². The van der Waals surface area contributed by atoms with Gasteiger partial charge >= 0.3 is 13.8 Å². The van der Waals surface area contributed by atoms with Gasteiger partial charge in [-0.15, -0.1) is 0 Å². The minimum atomic E-state index is -4.02. The molecule has 0 amide bonds. The predicted molar refractivity (Wildman–Crippen MR) is 109 cm³/mol. The Morgan fingerprint density at radius 1 is 0.800 bits per heavy atom. The van der Waals surface area contributed by atoms with Crippen molar-refractivity contribution >= 4 is 13.8 Å². The number of phosphoric acid groups is 1. The van der Waals surface area contributed by atoms with Crippen molar-refractivity contribution in [1.29, 1.82) is 0 Å². The SMILES string of the molecule is COC(COC(C)=O)(COP(=O)(OCc1ccccc1)OCc1ccccc1)OC. The molecule has 0 fully saturated rings. The number of carbonyl (C=O) groups is 1. The quantitative estimate of drug-likeness (QED) is 0.262. The highest BCUT2D eigenvalue weighted by molar-refractivity contribution is 7.48. The Labute approximate surface area is 176 Å². The van der Waals surface area contributed by atoms with Crippen LogP contribution in [-0.2, 0) is 50.4 Å². The third-order valence-corrected chi connectivity index (χ3v) is 5.48. The van der Waals surface area contributed by atoms with Crippen LogP contribution in [0.4, 0.5) is 0 Å². The first-order valence-electron chi connectivity index (χ1n) is 9.25. The molecule has 0 aromatic heterocycles. The third-order valence-electron chi connectivity index (χ3n) is 4.15. The number of phosphoric ester groups is 1. The van der Waals surface area contributed by atoms with E-state index in [2.05, 4.69) is 0 Å². The number of hydrogen-bond donors (Lipinski definition) is 0. The summed E-state index contributed by atoms with van der Waals surface area (Å²) in [5.74, 6) is -1.98. The van der Waals surface area contributed by atoms with Gasteiger partial charge in [-0.3, -0.25) is 18.4 Å². The van der Waals surface area contributed by atoms with Gasteiger partial charge in [-0.25, -0.2) is 4.57 Å². The van der Waals surface area contributed by atoms with E-state index in [4.69, 9.17) is 27.8 Å². The van der Waals surface area contributed by atoms with E-state index in [9.17, 15) is 9.36 Å². The van der Waals surface area contributed by atoms with Crippen LogP contribution in [0.15, 0.2) is 60.7 Å². The molecule has 164 valence electrons. The van der Waals surface area contributed by atoms with Crippen molar-refractivity contribution in [3.63, 3.8) is 0 Å². The molecule has 0 heterocycles. The van der Waals surface area contributed by atoms with E-state index in [-0.39, 0.29) is 26.4 Å². The molecule has 2 aromatic carbocycles. The van der Waals surface area contributed by atoms with Crippen LogP contribution >= 0.6 is 7.82 Å². The second-order valence-corrected chi connectivity index (χ2v) is 8.01. The minimum Gasteiger partial charge on any atom is -0.460 e. The van der Waals surface area contributed by atoms with E-state index in [1.165, 1.54) is 21.1 Å². The monoisotopic (exact) mass is 438 g/mol. The topological polar surface area (TPSA) is 89.5 Å². The lowest BCUT2D eigenvalue weighted by molar-refractivity contribution is -0.247. The molecule has 9 heteroatoms. The lowest BCUT2D eigenvalue weighted by atomic mass is 10.2. The van der Waals surface area contributed by atoms with Crippen molar-refractivity contribution in [2.75, 3.05) is 27.4 Å². The van der Waals surface area contributed by atoms with Gasteiger partial charge in [-0.05, 0) is 11.1 Å². The maximum atomic E-state index is 13.3. The first kappa shape index (κ1) is 24.2. The van der Waals surface area contributed by atoms with Crippen LogP contribution in [0.3, 0.4) is 0 Å². The summed E-state index contributed by atoms with van der Waals surface area (Å²) in [6, 6.07) is 18.4. The van der Waals surface area contributed by atoms with Crippen LogP contribution in [0, 0.1) is 0 Å². The smallest absolute Gasteiger partial charge is 0.460 e. The Kier molecular flexibility index (Phi) is 9.65. The number of methoxy groups -OCH3 is 2. The lowest BCUT2D eigenvalue weighted by Crippen LogP contribution is -2.44. The molecule has 0 saturated carbocycles. The number of ether oxygens (including phenoxy) is 3. The average molecular weight is 438 g/mol. The van der Waals surface area contributed by atoms with Gasteiger partial charge in [-0.1, -0.05) is 60.7 Å². The van der Waals surface area contributed by atoms with Gasteiger partial charge < -0.3 is 14.2 Å². The molecule has 0 aliphatic rings. The van der Waals surface area contributed by atoms with Crippen molar-refractivity contribution in [2.45, 2.75) is 25.9 Å². The zero-order chi connectivity index (χ0) is 21.9. The highest BCUT2D eigenvalue weighted by Crippen LogP contribution is 2.51. The molecule has 0 spiro atoms. The Hall–Kier alpha value is -2.06. The maximum absolute atomic E-state index is 13.3. The Morgan fingerprint density at radius 2 is 1.27 bits per heavy atom. The normalized spacial score (nSPS) is 12.0. The summed E-state index contributed by atoms with van der Waals surface area (Å²) in [4.78, 5) is 11.2. The number of hydrogen-bond acceptors (Lipinski definition) is 8. The fraction of sp³-hybridized carbons (Fsp3) is 0.381. The van der Waals surface area contributed by atoms with Crippen LogP contribution < -0.4 is 0 Å². The Morgan fingerprint density at radius 3 is 1.67 bits per heavy atom. The van der Waals surface area contributed by atoms with Crippen molar-refractivity contribution < 1.29 is 37.1 Å². The van der Waals surface area contributed by atoms with Crippen molar-refractivity contribution in [3.05, 3.63) is 71.8 Å². The molecule has 8 nitrogen and oxygen atoms in total. The number of benzene rings is 2. The van der Waals surface area contributed by atoms with Crippen LogP contribution in [0.5, 0.6) is 0 Å². The van der Waals surface area contributed by atoms with Gasteiger partial charge in [0.15, 0.2) is 0 Å². The van der Waals surface area contributed by atoms with E-state index in [0.29, 0.717) is 0 Å². The lowest BCUT2D eigenvalue weighted by Gasteiger charge is -2.30. The van der Waals surface area contributed by atoms with E-state index < -0.39 is 19.6 Å². The summed E-state index contributed by atoms with van der Waals surface area (Å²) >= 11 is 0. The summed E-state index contributed by atoms with van der Waals surface area (Å²) in [5, 5.41) is 0. The first-order valence-corrected chi connectivity index (χ1v) is 10.7. The summed E-state index contributed by atoms with van der Waals surface area (Å²) in [6.07, 6.45) is 0. The Balaban J connectivity index is 2.09. The van der Waals surface area contributed by atoms with Gasteiger partial charge in [0.1, 0.15) is 13.2 Å². The molecule has 0 radical (unpaired) electrons. The molecule has 0 bridgehead atoms. The summed E-state index contributed by atoms with van der Waals surface area (Å²) < 4.78 is 45.5.